The summed E-state index contributed by atoms with van der Waals surface area (Å²) in [7, 11) is 0. The van der Waals surface area contributed by atoms with Crippen molar-refractivity contribution in [2.75, 3.05) is 6.61 Å². The highest BCUT2D eigenvalue weighted by atomic mass is 16.5. The second-order valence-corrected chi connectivity index (χ2v) is 5.84. The smallest absolute Gasteiger partial charge is 0.276 e. The summed E-state index contributed by atoms with van der Waals surface area (Å²) < 4.78 is 5.50. The molecule has 0 spiro atoms. The lowest BCUT2D eigenvalue weighted by Gasteiger charge is -2.11. The van der Waals surface area contributed by atoms with Gasteiger partial charge in [-0.15, -0.1) is 0 Å². The van der Waals surface area contributed by atoms with Gasteiger partial charge in [-0.2, -0.15) is 0 Å². The second kappa shape index (κ2) is 9.47. The number of hydrogen-bond donors (Lipinski definition) is 2. The molecule has 0 unspecified atom stereocenters. The molecule has 2 rings (SSSR count). The van der Waals surface area contributed by atoms with Gasteiger partial charge >= 0.3 is 0 Å². The highest BCUT2D eigenvalue weighted by Crippen LogP contribution is 2.17. The first-order valence-corrected chi connectivity index (χ1v) is 8.42. The molecule has 0 saturated carbocycles. The third kappa shape index (κ3) is 6.30. The number of hydrazine groups is 1. The third-order valence-electron chi connectivity index (χ3n) is 3.78. The zero-order valence-electron chi connectivity index (χ0n) is 14.7. The Morgan fingerprint density at radius 1 is 1.00 bits per heavy atom. The van der Waals surface area contributed by atoms with Gasteiger partial charge in [0.1, 0.15) is 5.75 Å². The van der Waals surface area contributed by atoms with Crippen molar-refractivity contribution in [3.63, 3.8) is 0 Å². The van der Waals surface area contributed by atoms with Crippen LogP contribution in [-0.4, -0.2) is 18.4 Å². The van der Waals surface area contributed by atoms with E-state index < -0.39 is 5.91 Å². The van der Waals surface area contributed by atoms with E-state index in [4.69, 9.17) is 4.74 Å². The fourth-order valence-electron chi connectivity index (χ4n) is 2.44. The van der Waals surface area contributed by atoms with E-state index >= 15 is 0 Å². The summed E-state index contributed by atoms with van der Waals surface area (Å²) in [5, 5.41) is 0. The highest BCUT2D eigenvalue weighted by Gasteiger charge is 2.07. The minimum absolute atomic E-state index is 0.144. The molecule has 0 aliphatic carbocycles. The number of benzene rings is 2. The van der Waals surface area contributed by atoms with E-state index in [1.807, 2.05) is 62.4 Å². The van der Waals surface area contributed by atoms with Crippen molar-refractivity contribution >= 4 is 11.8 Å². The quantitative estimate of drug-likeness (QED) is 0.762. The standard InChI is InChI=1S/C20H24N2O3/c1-3-17-9-4-5-10-18(17)25-14-20(24)22-21-19(23)12-11-16-8-6-7-15(2)13-16/h4-10,13H,3,11-12,14H2,1-2H3,(H,21,23)(H,22,24). The monoisotopic (exact) mass is 340 g/mol. The maximum Gasteiger partial charge on any atom is 0.276 e. The first-order valence-electron chi connectivity index (χ1n) is 8.42. The molecule has 0 aliphatic heterocycles. The summed E-state index contributed by atoms with van der Waals surface area (Å²) in [6, 6.07) is 15.6. The van der Waals surface area contributed by atoms with Crippen LogP contribution in [0.15, 0.2) is 48.5 Å². The van der Waals surface area contributed by atoms with Crippen molar-refractivity contribution in [2.24, 2.45) is 0 Å². The Kier molecular flexibility index (Phi) is 7.01. The van der Waals surface area contributed by atoms with E-state index in [2.05, 4.69) is 10.9 Å². The van der Waals surface area contributed by atoms with Gasteiger partial charge in [0, 0.05) is 6.42 Å². The molecule has 2 aromatic carbocycles. The summed E-state index contributed by atoms with van der Waals surface area (Å²) in [4.78, 5) is 23.6. The molecule has 5 heteroatoms. The molecule has 2 aromatic rings. The van der Waals surface area contributed by atoms with Crippen molar-refractivity contribution in [3.8, 4) is 5.75 Å². The molecule has 2 N–H and O–H groups in total. The minimum atomic E-state index is -0.394. The lowest BCUT2D eigenvalue weighted by atomic mass is 10.1. The van der Waals surface area contributed by atoms with Gasteiger partial charge < -0.3 is 4.74 Å². The molecular formula is C20H24N2O3. The molecule has 25 heavy (non-hydrogen) atoms. The number of carbonyl (C=O) groups excluding carboxylic acids is 2. The average molecular weight is 340 g/mol. The number of amides is 2. The van der Waals surface area contributed by atoms with Gasteiger partial charge in [0.2, 0.25) is 5.91 Å². The van der Waals surface area contributed by atoms with Crippen LogP contribution in [0, 0.1) is 6.92 Å². The Bertz CT molecular complexity index is 728. The Morgan fingerprint density at radius 2 is 1.76 bits per heavy atom. The number of carbonyl (C=O) groups is 2. The van der Waals surface area contributed by atoms with Crippen LogP contribution >= 0.6 is 0 Å². The van der Waals surface area contributed by atoms with Crippen LogP contribution < -0.4 is 15.6 Å². The molecule has 0 radical (unpaired) electrons. The van der Waals surface area contributed by atoms with E-state index in [9.17, 15) is 9.59 Å². The lowest BCUT2D eigenvalue weighted by molar-refractivity contribution is -0.130. The fourth-order valence-corrected chi connectivity index (χ4v) is 2.44. The second-order valence-electron chi connectivity index (χ2n) is 5.84. The van der Waals surface area contributed by atoms with Gasteiger partial charge in [-0.3, -0.25) is 20.4 Å². The number of rotatable bonds is 7. The van der Waals surface area contributed by atoms with Gasteiger partial charge in [0.05, 0.1) is 0 Å². The van der Waals surface area contributed by atoms with Crippen LogP contribution in [-0.2, 0) is 22.4 Å². The molecule has 0 heterocycles. The van der Waals surface area contributed by atoms with Crippen LogP contribution in [0.2, 0.25) is 0 Å². The van der Waals surface area contributed by atoms with Gasteiger partial charge in [0.25, 0.3) is 5.91 Å². The lowest BCUT2D eigenvalue weighted by Crippen LogP contribution is -2.43. The number of hydrogen-bond acceptors (Lipinski definition) is 3. The molecule has 5 nitrogen and oxygen atoms in total. The molecule has 0 fully saturated rings. The molecule has 0 aliphatic rings. The zero-order chi connectivity index (χ0) is 18.1. The summed E-state index contributed by atoms with van der Waals surface area (Å²) in [6.45, 7) is 3.90. The molecule has 0 atom stereocenters. The Balaban J connectivity index is 1.69. The van der Waals surface area contributed by atoms with Gasteiger partial charge in [-0.25, -0.2) is 0 Å². The average Bonchev–Trinajstić information content (AvgIpc) is 2.63. The van der Waals surface area contributed by atoms with Gasteiger partial charge in [-0.05, 0) is 37.0 Å². The Hall–Kier alpha value is -2.82. The van der Waals surface area contributed by atoms with Crippen LogP contribution in [0.5, 0.6) is 5.75 Å². The fraction of sp³-hybridized carbons (Fsp3) is 0.300. The maximum absolute atomic E-state index is 11.8. The Morgan fingerprint density at radius 3 is 2.52 bits per heavy atom. The first kappa shape index (κ1) is 18.5. The molecule has 0 saturated heterocycles. The molecular weight excluding hydrogens is 316 g/mol. The topological polar surface area (TPSA) is 67.4 Å². The predicted octanol–water partition coefficient (Wildman–Crippen LogP) is 2.72. The van der Waals surface area contributed by atoms with Crippen molar-refractivity contribution in [2.45, 2.75) is 33.1 Å². The zero-order valence-corrected chi connectivity index (χ0v) is 14.7. The predicted molar refractivity (Wildman–Crippen MR) is 97.1 cm³/mol. The summed E-state index contributed by atoms with van der Waals surface area (Å²) in [5.41, 5.74) is 8.09. The van der Waals surface area contributed by atoms with Crippen molar-refractivity contribution in [3.05, 3.63) is 65.2 Å². The molecule has 0 aromatic heterocycles. The van der Waals surface area contributed by atoms with Crippen LogP contribution in [0.1, 0.15) is 30.0 Å². The number of nitrogens with one attached hydrogen (secondary N) is 2. The maximum atomic E-state index is 11.8. The largest absolute Gasteiger partial charge is 0.483 e. The van der Waals surface area contributed by atoms with Crippen molar-refractivity contribution < 1.29 is 14.3 Å². The van der Waals surface area contributed by atoms with Gasteiger partial charge in [-0.1, -0.05) is 55.0 Å². The minimum Gasteiger partial charge on any atom is -0.483 e. The summed E-state index contributed by atoms with van der Waals surface area (Å²) in [6.07, 6.45) is 1.76. The third-order valence-corrected chi connectivity index (χ3v) is 3.78. The molecule has 2 amide bonds. The van der Waals surface area contributed by atoms with Crippen LogP contribution in [0.4, 0.5) is 0 Å². The summed E-state index contributed by atoms with van der Waals surface area (Å²) in [5.74, 6) is 0.0598. The summed E-state index contributed by atoms with van der Waals surface area (Å²) >= 11 is 0. The normalized spacial score (nSPS) is 10.2. The van der Waals surface area contributed by atoms with E-state index in [-0.39, 0.29) is 12.5 Å². The Labute approximate surface area is 148 Å². The van der Waals surface area contributed by atoms with Crippen molar-refractivity contribution in [1.29, 1.82) is 0 Å². The van der Waals surface area contributed by atoms with E-state index in [1.165, 1.54) is 0 Å². The highest BCUT2D eigenvalue weighted by molar-refractivity contribution is 5.82. The van der Waals surface area contributed by atoms with Crippen LogP contribution in [0.25, 0.3) is 0 Å². The SMILES string of the molecule is CCc1ccccc1OCC(=O)NNC(=O)CCc1cccc(C)c1. The first-order chi connectivity index (χ1) is 12.1. The van der Waals surface area contributed by atoms with E-state index in [0.29, 0.717) is 18.6 Å². The molecule has 132 valence electrons. The van der Waals surface area contributed by atoms with E-state index in [0.717, 1.165) is 23.1 Å². The number of para-hydroxylation sites is 1. The number of ether oxygens (including phenoxy) is 1. The number of aryl methyl sites for hydroxylation is 3. The van der Waals surface area contributed by atoms with Gasteiger partial charge in [0.15, 0.2) is 6.61 Å². The van der Waals surface area contributed by atoms with Crippen molar-refractivity contribution in [1.82, 2.24) is 10.9 Å². The van der Waals surface area contributed by atoms with Crippen LogP contribution in [0.3, 0.4) is 0 Å². The molecule has 0 bridgehead atoms. The van der Waals surface area contributed by atoms with E-state index in [1.54, 1.807) is 0 Å².